The molecule has 15 heavy (non-hydrogen) atoms. The van der Waals surface area contributed by atoms with Gasteiger partial charge in [0.05, 0.1) is 14.2 Å². The molecule has 0 spiro atoms. The van der Waals surface area contributed by atoms with Gasteiger partial charge in [-0.15, -0.1) is 0 Å². The molecule has 1 atom stereocenters. The normalized spacial score (nSPS) is 16.7. The molecule has 1 aromatic rings. The van der Waals surface area contributed by atoms with Gasteiger partial charge < -0.3 is 9.47 Å². The molecule has 0 N–H and O–H groups in total. The van der Waals surface area contributed by atoms with Gasteiger partial charge in [-0.25, -0.2) is 0 Å². The van der Waals surface area contributed by atoms with Gasteiger partial charge in [-0.1, -0.05) is 6.07 Å². The van der Waals surface area contributed by atoms with Crippen molar-refractivity contribution in [3.8, 4) is 11.5 Å². The highest BCUT2D eigenvalue weighted by Crippen LogP contribution is 2.37. The number of benzene rings is 1. The maximum Gasteiger partial charge on any atom is 0.160 e. The molecule has 2 nitrogen and oxygen atoms in total. The van der Waals surface area contributed by atoms with E-state index in [-0.39, 0.29) is 0 Å². The summed E-state index contributed by atoms with van der Waals surface area (Å²) in [6, 6.07) is 6.24. The van der Waals surface area contributed by atoms with Crippen molar-refractivity contribution < 1.29 is 9.47 Å². The van der Waals surface area contributed by atoms with E-state index in [4.69, 9.17) is 9.47 Å². The van der Waals surface area contributed by atoms with Crippen molar-refractivity contribution in [3.05, 3.63) is 30.2 Å². The molecule has 0 saturated heterocycles. The van der Waals surface area contributed by atoms with Gasteiger partial charge in [0.15, 0.2) is 11.5 Å². The predicted octanol–water partition coefficient (Wildman–Crippen LogP) is 3.18. The van der Waals surface area contributed by atoms with Crippen LogP contribution in [-0.2, 0) is 0 Å². The molecular weight excluding hydrogens is 188 g/mol. The third-order valence-electron chi connectivity index (χ3n) is 3.05. The highest BCUT2D eigenvalue weighted by atomic mass is 16.5. The second-order valence-corrected chi connectivity index (χ2v) is 3.91. The molecule has 1 radical (unpaired) electrons. The molecule has 2 heteroatoms. The van der Waals surface area contributed by atoms with Gasteiger partial charge in [0.25, 0.3) is 0 Å². The van der Waals surface area contributed by atoms with E-state index in [1.54, 1.807) is 14.2 Å². The Bertz CT molecular complexity index is 327. The first-order valence-corrected chi connectivity index (χ1v) is 5.38. The summed E-state index contributed by atoms with van der Waals surface area (Å²) in [4.78, 5) is 0. The van der Waals surface area contributed by atoms with E-state index in [0.717, 1.165) is 11.5 Å². The summed E-state index contributed by atoms with van der Waals surface area (Å²) in [6.07, 6.45) is 6.05. The Kier molecular flexibility index (Phi) is 3.14. The summed E-state index contributed by atoms with van der Waals surface area (Å²) >= 11 is 0. The van der Waals surface area contributed by atoms with Gasteiger partial charge in [0.2, 0.25) is 0 Å². The Hall–Kier alpha value is -1.18. The van der Waals surface area contributed by atoms with Crippen molar-refractivity contribution in [1.29, 1.82) is 0 Å². The first-order valence-electron chi connectivity index (χ1n) is 5.38. The second kappa shape index (κ2) is 4.56. The van der Waals surface area contributed by atoms with E-state index < -0.39 is 0 Å². The van der Waals surface area contributed by atoms with Crippen LogP contribution in [0, 0.1) is 6.42 Å². The first kappa shape index (κ1) is 10.3. The molecule has 0 bridgehead atoms. The molecule has 0 aromatic heterocycles. The van der Waals surface area contributed by atoms with Crippen LogP contribution in [0.15, 0.2) is 18.2 Å². The minimum absolute atomic E-state index is 0.671. The molecule has 0 aliphatic heterocycles. The molecule has 1 saturated carbocycles. The van der Waals surface area contributed by atoms with Crippen molar-refractivity contribution in [1.82, 2.24) is 0 Å². The standard InChI is InChI=1S/C13H17O2/c1-14-12-8-7-11(9-13(12)15-2)10-5-3-4-6-10/h3,7-10H,4-6H2,1-2H3. The van der Waals surface area contributed by atoms with Crippen LogP contribution in [0.1, 0.15) is 30.7 Å². The first-order chi connectivity index (χ1) is 7.35. The summed E-state index contributed by atoms with van der Waals surface area (Å²) in [5, 5.41) is 0. The van der Waals surface area contributed by atoms with Gasteiger partial charge in [-0.2, -0.15) is 0 Å². The van der Waals surface area contributed by atoms with E-state index in [9.17, 15) is 0 Å². The zero-order chi connectivity index (χ0) is 10.7. The van der Waals surface area contributed by atoms with E-state index in [1.165, 1.54) is 24.8 Å². The minimum atomic E-state index is 0.671. The lowest BCUT2D eigenvalue weighted by Gasteiger charge is -2.13. The maximum absolute atomic E-state index is 5.30. The predicted molar refractivity (Wildman–Crippen MR) is 60.4 cm³/mol. The second-order valence-electron chi connectivity index (χ2n) is 3.91. The monoisotopic (exact) mass is 205 g/mol. The van der Waals surface area contributed by atoms with Gasteiger partial charge in [0, 0.05) is 0 Å². The van der Waals surface area contributed by atoms with Crippen LogP contribution in [0.5, 0.6) is 11.5 Å². The van der Waals surface area contributed by atoms with Crippen LogP contribution >= 0.6 is 0 Å². The van der Waals surface area contributed by atoms with E-state index in [1.807, 2.05) is 6.07 Å². The molecule has 0 heterocycles. The average molecular weight is 205 g/mol. The Morgan fingerprint density at radius 2 is 1.93 bits per heavy atom. The van der Waals surface area contributed by atoms with Gasteiger partial charge in [0.1, 0.15) is 0 Å². The highest BCUT2D eigenvalue weighted by molar-refractivity contribution is 5.44. The van der Waals surface area contributed by atoms with E-state index in [0.29, 0.717) is 5.92 Å². The molecule has 0 amide bonds. The maximum atomic E-state index is 5.30. The van der Waals surface area contributed by atoms with Crippen LogP contribution in [0.4, 0.5) is 0 Å². The fourth-order valence-electron chi connectivity index (χ4n) is 2.17. The van der Waals surface area contributed by atoms with Crippen LogP contribution in [0.25, 0.3) is 0 Å². The summed E-state index contributed by atoms with van der Waals surface area (Å²) in [5.41, 5.74) is 1.36. The van der Waals surface area contributed by atoms with Crippen molar-refractivity contribution in [2.75, 3.05) is 14.2 Å². The molecule has 1 unspecified atom stereocenters. The third kappa shape index (κ3) is 2.09. The molecular formula is C13H17O2. The van der Waals surface area contributed by atoms with Crippen molar-refractivity contribution >= 4 is 0 Å². The van der Waals surface area contributed by atoms with Gasteiger partial charge in [-0.3, -0.25) is 0 Å². The largest absolute Gasteiger partial charge is 0.493 e. The van der Waals surface area contributed by atoms with E-state index in [2.05, 4.69) is 18.6 Å². The Morgan fingerprint density at radius 1 is 1.13 bits per heavy atom. The van der Waals surface area contributed by atoms with Gasteiger partial charge in [-0.05, 0) is 49.3 Å². The summed E-state index contributed by atoms with van der Waals surface area (Å²) in [7, 11) is 3.35. The Labute approximate surface area is 91.2 Å². The quantitative estimate of drug-likeness (QED) is 0.754. The molecule has 81 valence electrons. The van der Waals surface area contributed by atoms with Crippen LogP contribution < -0.4 is 9.47 Å². The number of rotatable bonds is 3. The van der Waals surface area contributed by atoms with Crippen molar-refractivity contribution in [2.24, 2.45) is 0 Å². The minimum Gasteiger partial charge on any atom is -0.493 e. The molecule has 1 fully saturated rings. The van der Waals surface area contributed by atoms with E-state index >= 15 is 0 Å². The topological polar surface area (TPSA) is 18.5 Å². The zero-order valence-corrected chi connectivity index (χ0v) is 9.32. The van der Waals surface area contributed by atoms with Crippen LogP contribution in [-0.4, -0.2) is 14.2 Å². The summed E-state index contributed by atoms with van der Waals surface area (Å²) in [6.45, 7) is 0. The number of hydrogen-bond donors (Lipinski definition) is 0. The Morgan fingerprint density at radius 3 is 2.53 bits per heavy atom. The average Bonchev–Trinajstić information content (AvgIpc) is 2.81. The molecule has 1 aliphatic rings. The molecule has 1 aromatic carbocycles. The third-order valence-corrected chi connectivity index (χ3v) is 3.05. The zero-order valence-electron chi connectivity index (χ0n) is 9.32. The fourth-order valence-corrected chi connectivity index (χ4v) is 2.17. The fraction of sp³-hybridized carbons (Fsp3) is 0.462. The van der Waals surface area contributed by atoms with Crippen LogP contribution in [0.2, 0.25) is 0 Å². The van der Waals surface area contributed by atoms with Crippen molar-refractivity contribution in [2.45, 2.75) is 25.2 Å². The summed E-state index contributed by atoms with van der Waals surface area (Å²) in [5.74, 6) is 2.31. The van der Waals surface area contributed by atoms with Crippen LogP contribution in [0.3, 0.4) is 0 Å². The molecule has 2 rings (SSSR count). The summed E-state index contributed by atoms with van der Waals surface area (Å²) < 4.78 is 10.5. The smallest absolute Gasteiger partial charge is 0.160 e. The lowest BCUT2D eigenvalue weighted by molar-refractivity contribution is 0.354. The number of hydrogen-bond acceptors (Lipinski definition) is 2. The lowest BCUT2D eigenvalue weighted by atomic mass is 9.97. The van der Waals surface area contributed by atoms with Crippen molar-refractivity contribution in [3.63, 3.8) is 0 Å². The molecule has 1 aliphatic carbocycles. The number of ether oxygens (including phenoxy) is 2. The number of methoxy groups -OCH3 is 2. The SMILES string of the molecule is COc1ccc(C2C[CH]CC2)cc1OC. The van der Waals surface area contributed by atoms with Gasteiger partial charge >= 0.3 is 0 Å². The Balaban J connectivity index is 2.25. The lowest BCUT2D eigenvalue weighted by Crippen LogP contribution is -1.95. The highest BCUT2D eigenvalue weighted by Gasteiger charge is 2.18.